The van der Waals surface area contributed by atoms with Gasteiger partial charge in [0.25, 0.3) is 10.1 Å². The molecule has 20 heavy (non-hydrogen) atoms. The van der Waals surface area contributed by atoms with Crippen molar-refractivity contribution in [3.8, 4) is 0 Å². The predicted octanol–water partition coefficient (Wildman–Crippen LogP) is 2.59. The van der Waals surface area contributed by atoms with E-state index >= 15 is 0 Å². The van der Waals surface area contributed by atoms with Crippen LogP contribution in [-0.2, 0) is 14.9 Å². The molecule has 0 radical (unpaired) electrons. The molecule has 0 bridgehead atoms. The lowest BCUT2D eigenvalue weighted by Crippen LogP contribution is -2.47. The highest BCUT2D eigenvalue weighted by atomic mass is 32.2. The first-order chi connectivity index (χ1) is 8.83. The Morgan fingerprint density at radius 1 is 1.20 bits per heavy atom. The third kappa shape index (κ3) is 8.37. The van der Waals surface area contributed by atoms with E-state index < -0.39 is 33.1 Å². The van der Waals surface area contributed by atoms with Crippen LogP contribution in [0, 0.1) is 5.92 Å². The zero-order valence-electron chi connectivity index (χ0n) is 13.1. The maximum Gasteiger partial charge on any atom is 0.407 e. The Labute approximate surface area is 122 Å². The Balaban J connectivity index is 4.82. The molecule has 0 aromatic heterocycles. The van der Waals surface area contributed by atoms with Gasteiger partial charge in [0.2, 0.25) is 0 Å². The van der Waals surface area contributed by atoms with Crippen LogP contribution in [0.2, 0.25) is 0 Å². The molecule has 0 rings (SSSR count). The monoisotopic (exact) mass is 309 g/mol. The zero-order valence-corrected chi connectivity index (χ0v) is 14.0. The Bertz CT molecular complexity index is 411. The summed E-state index contributed by atoms with van der Waals surface area (Å²) in [5.41, 5.74) is -0.659. The van der Waals surface area contributed by atoms with E-state index in [2.05, 4.69) is 5.32 Å². The maximum absolute atomic E-state index is 11.7. The van der Waals surface area contributed by atoms with Crippen molar-refractivity contribution < 1.29 is 22.5 Å². The number of nitrogens with one attached hydrogen (secondary N) is 1. The molecule has 0 aromatic carbocycles. The minimum absolute atomic E-state index is 0.367. The third-order valence-corrected chi connectivity index (χ3v) is 4.06. The highest BCUT2D eigenvalue weighted by molar-refractivity contribution is 7.86. The number of rotatable bonds is 6. The van der Waals surface area contributed by atoms with Gasteiger partial charge < -0.3 is 10.1 Å². The van der Waals surface area contributed by atoms with Gasteiger partial charge >= 0.3 is 6.09 Å². The summed E-state index contributed by atoms with van der Waals surface area (Å²) in [4.78, 5) is 11.7. The van der Waals surface area contributed by atoms with Crippen LogP contribution < -0.4 is 5.32 Å². The highest BCUT2D eigenvalue weighted by Gasteiger charge is 2.30. The van der Waals surface area contributed by atoms with Crippen molar-refractivity contribution in [3.05, 3.63) is 0 Å². The van der Waals surface area contributed by atoms with E-state index in [-0.39, 0.29) is 0 Å². The van der Waals surface area contributed by atoms with Crippen LogP contribution in [0.3, 0.4) is 0 Å². The summed E-state index contributed by atoms with van der Waals surface area (Å²) in [6.45, 7) is 10.6. The number of hydrogen-bond donors (Lipinski definition) is 2. The summed E-state index contributed by atoms with van der Waals surface area (Å²) >= 11 is 0. The smallest absolute Gasteiger partial charge is 0.407 e. The molecule has 1 unspecified atom stereocenters. The van der Waals surface area contributed by atoms with Crippen molar-refractivity contribution in [1.29, 1.82) is 0 Å². The molecule has 120 valence electrons. The molecule has 0 aliphatic heterocycles. The molecule has 2 N–H and O–H groups in total. The van der Waals surface area contributed by atoms with Gasteiger partial charge in [0.15, 0.2) is 0 Å². The molecular formula is C13H27NO5S. The Morgan fingerprint density at radius 2 is 1.70 bits per heavy atom. The molecule has 7 heteroatoms. The standard InChI is InChI=1S/C13H27NO5S/c1-9(2)7-8-11(10(3)20(16,17)18)14-12(15)19-13(4,5)6/h9-11H,7-8H2,1-6H3,(H,14,15)(H,16,17,18)/t10?,11-/m1/s1. The molecule has 0 aromatic rings. The lowest BCUT2D eigenvalue weighted by molar-refractivity contribution is 0.0499. The summed E-state index contributed by atoms with van der Waals surface area (Å²) in [5.74, 6) is 0.367. The van der Waals surface area contributed by atoms with Gasteiger partial charge in [0.1, 0.15) is 10.9 Å². The van der Waals surface area contributed by atoms with E-state index in [0.29, 0.717) is 12.3 Å². The van der Waals surface area contributed by atoms with Crippen LogP contribution in [-0.4, -0.2) is 36.0 Å². The number of hydrogen-bond acceptors (Lipinski definition) is 4. The molecule has 0 heterocycles. The van der Waals surface area contributed by atoms with Crippen molar-refractivity contribution >= 4 is 16.2 Å². The predicted molar refractivity (Wildman–Crippen MR) is 78.2 cm³/mol. The second-order valence-electron chi connectivity index (χ2n) is 6.44. The second kappa shape index (κ2) is 7.26. The SMILES string of the molecule is CC(C)CC[C@@H](NC(=O)OC(C)(C)C)C(C)S(=O)(=O)O. The van der Waals surface area contributed by atoms with E-state index in [4.69, 9.17) is 9.29 Å². The number of carbonyl (C=O) groups excluding carboxylic acids is 1. The van der Waals surface area contributed by atoms with Gasteiger partial charge in [-0.15, -0.1) is 0 Å². The van der Waals surface area contributed by atoms with Gasteiger partial charge in [0.05, 0.1) is 6.04 Å². The summed E-state index contributed by atoms with van der Waals surface area (Å²) in [6, 6.07) is -0.678. The average Bonchev–Trinajstić information content (AvgIpc) is 2.18. The molecule has 0 aliphatic rings. The summed E-state index contributed by atoms with van der Waals surface area (Å²) < 4.78 is 36.8. The third-order valence-electron chi connectivity index (χ3n) is 2.79. The molecule has 2 atom stereocenters. The van der Waals surface area contributed by atoms with E-state index in [1.54, 1.807) is 20.8 Å². The molecule has 0 aliphatic carbocycles. The number of alkyl carbamates (subject to hydrolysis) is 1. The van der Waals surface area contributed by atoms with Gasteiger partial charge in [-0.3, -0.25) is 4.55 Å². The first-order valence-corrected chi connectivity index (χ1v) is 8.29. The first kappa shape index (κ1) is 19.2. The van der Waals surface area contributed by atoms with Gasteiger partial charge in [-0.05, 0) is 46.5 Å². The van der Waals surface area contributed by atoms with Gasteiger partial charge in [-0.2, -0.15) is 8.42 Å². The van der Waals surface area contributed by atoms with Crippen LogP contribution in [0.4, 0.5) is 4.79 Å². The summed E-state index contributed by atoms with van der Waals surface area (Å²) in [7, 11) is -4.21. The molecule has 1 amide bonds. The van der Waals surface area contributed by atoms with Crippen LogP contribution in [0.1, 0.15) is 54.4 Å². The maximum atomic E-state index is 11.7. The number of amides is 1. The molecule has 0 saturated carbocycles. The van der Waals surface area contributed by atoms with Crippen molar-refractivity contribution in [2.75, 3.05) is 0 Å². The van der Waals surface area contributed by atoms with E-state index in [1.807, 2.05) is 13.8 Å². The van der Waals surface area contributed by atoms with Gasteiger partial charge in [-0.25, -0.2) is 4.79 Å². The fourth-order valence-electron chi connectivity index (χ4n) is 1.60. The van der Waals surface area contributed by atoms with Crippen LogP contribution in [0.25, 0.3) is 0 Å². The normalized spacial score (nSPS) is 15.8. The Hall–Kier alpha value is -0.820. The fourth-order valence-corrected chi connectivity index (χ4v) is 2.22. The summed E-state index contributed by atoms with van der Waals surface area (Å²) in [6.07, 6.45) is 0.514. The average molecular weight is 309 g/mol. The van der Waals surface area contributed by atoms with Gasteiger partial charge in [-0.1, -0.05) is 13.8 Å². The highest BCUT2D eigenvalue weighted by Crippen LogP contribution is 2.15. The lowest BCUT2D eigenvalue weighted by atomic mass is 10.0. The zero-order chi connectivity index (χ0) is 16.1. The molecule has 0 spiro atoms. The first-order valence-electron chi connectivity index (χ1n) is 6.78. The Morgan fingerprint density at radius 3 is 2.05 bits per heavy atom. The topological polar surface area (TPSA) is 92.7 Å². The van der Waals surface area contributed by atoms with Crippen molar-refractivity contribution in [3.63, 3.8) is 0 Å². The lowest BCUT2D eigenvalue weighted by Gasteiger charge is -2.26. The van der Waals surface area contributed by atoms with Crippen LogP contribution >= 0.6 is 0 Å². The molecule has 0 fully saturated rings. The largest absolute Gasteiger partial charge is 0.444 e. The van der Waals surface area contributed by atoms with Gasteiger partial charge in [0, 0.05) is 0 Å². The Kier molecular flexibility index (Phi) is 6.97. The van der Waals surface area contributed by atoms with Crippen molar-refractivity contribution in [1.82, 2.24) is 5.32 Å². The molecular weight excluding hydrogens is 282 g/mol. The van der Waals surface area contributed by atoms with Crippen molar-refractivity contribution in [2.45, 2.75) is 71.3 Å². The summed E-state index contributed by atoms with van der Waals surface area (Å²) in [5, 5.41) is 1.46. The molecule has 6 nitrogen and oxygen atoms in total. The quantitative estimate of drug-likeness (QED) is 0.736. The van der Waals surface area contributed by atoms with Crippen LogP contribution in [0.15, 0.2) is 0 Å². The van der Waals surface area contributed by atoms with E-state index in [1.165, 1.54) is 6.92 Å². The second-order valence-corrected chi connectivity index (χ2v) is 8.22. The minimum Gasteiger partial charge on any atom is -0.444 e. The van der Waals surface area contributed by atoms with E-state index in [9.17, 15) is 13.2 Å². The van der Waals surface area contributed by atoms with Crippen LogP contribution in [0.5, 0.6) is 0 Å². The number of ether oxygens (including phenoxy) is 1. The fraction of sp³-hybridized carbons (Fsp3) is 0.923. The van der Waals surface area contributed by atoms with Crippen molar-refractivity contribution in [2.24, 2.45) is 5.92 Å². The van der Waals surface area contributed by atoms with E-state index in [0.717, 1.165) is 6.42 Å². The number of carbonyl (C=O) groups is 1. The molecule has 0 saturated heterocycles. The minimum atomic E-state index is -4.21.